The van der Waals surface area contributed by atoms with Gasteiger partial charge in [0.1, 0.15) is 0 Å². The van der Waals surface area contributed by atoms with E-state index in [4.69, 9.17) is 0 Å². The van der Waals surface area contributed by atoms with Gasteiger partial charge in [-0.15, -0.1) is 0 Å². The summed E-state index contributed by atoms with van der Waals surface area (Å²) in [6.45, 7) is 0. The molecule has 6 heteroatoms. The first-order valence-electron chi connectivity index (χ1n) is 6.83. The summed E-state index contributed by atoms with van der Waals surface area (Å²) in [6.07, 6.45) is 0. The number of hydrogen-bond acceptors (Lipinski definition) is 0. The molecule has 1 heterocycles. The van der Waals surface area contributed by atoms with Crippen molar-refractivity contribution in [3.8, 4) is 22.3 Å². The van der Waals surface area contributed by atoms with Crippen molar-refractivity contribution >= 4 is 18.6 Å². The second-order valence-electron chi connectivity index (χ2n) is 4.61. The van der Waals surface area contributed by atoms with Gasteiger partial charge in [0.05, 0.1) is 0 Å². The van der Waals surface area contributed by atoms with Crippen LogP contribution in [0.4, 0.5) is 17.3 Å². The highest BCUT2D eigenvalue weighted by atomic mass is 32.1. The Kier molecular flexibility index (Phi) is 5.87. The van der Waals surface area contributed by atoms with Crippen LogP contribution in [-0.4, -0.2) is 7.25 Å². The summed E-state index contributed by atoms with van der Waals surface area (Å²) in [5.41, 5.74) is 5.13. The van der Waals surface area contributed by atoms with Crippen LogP contribution in [-0.2, 0) is 0 Å². The van der Waals surface area contributed by atoms with Gasteiger partial charge >= 0.3 is 7.25 Å². The molecule has 0 nitrogen and oxygen atoms in total. The monoisotopic (exact) mass is 336 g/mol. The third-order valence-corrected chi connectivity index (χ3v) is 3.62. The Morgan fingerprint density at radius 1 is 0.609 bits per heavy atom. The molecule has 0 atom stereocenters. The molecule has 0 fully saturated rings. The highest BCUT2D eigenvalue weighted by molar-refractivity contribution is 7.07. The first-order chi connectivity index (χ1) is 10.9. The molecule has 0 spiro atoms. The lowest BCUT2D eigenvalue weighted by Crippen LogP contribution is -2.02. The van der Waals surface area contributed by atoms with Gasteiger partial charge in [-0.1, -0.05) is 60.7 Å². The highest BCUT2D eigenvalue weighted by Gasteiger charge is 2.20. The van der Waals surface area contributed by atoms with Crippen molar-refractivity contribution in [2.75, 3.05) is 0 Å². The molecule has 3 rings (SSSR count). The summed E-state index contributed by atoms with van der Waals surface area (Å²) in [7, 11) is -6.00. The number of benzene rings is 2. The van der Waals surface area contributed by atoms with Crippen LogP contribution in [0.2, 0.25) is 0 Å². The third kappa shape index (κ3) is 5.83. The van der Waals surface area contributed by atoms with Crippen LogP contribution >= 0.6 is 11.3 Å². The van der Waals surface area contributed by atoms with Crippen molar-refractivity contribution in [3.05, 3.63) is 77.5 Å². The normalized spacial score (nSPS) is 10.6. The summed E-state index contributed by atoms with van der Waals surface area (Å²) in [6, 6.07) is 23.3. The summed E-state index contributed by atoms with van der Waals surface area (Å²) in [5, 5.41) is 4.35. The lowest BCUT2D eigenvalue weighted by atomic mass is 9.98. The molecular weight excluding hydrogens is 323 g/mol. The van der Waals surface area contributed by atoms with Crippen molar-refractivity contribution < 1.29 is 17.3 Å². The average Bonchev–Trinajstić information content (AvgIpc) is 2.55. The van der Waals surface area contributed by atoms with E-state index in [1.165, 1.54) is 22.3 Å². The SMILES string of the molecule is F[B-](F)(F)F.c1ccc(-c2cc[s+]cc2-c2ccccc2)cc1. The Morgan fingerprint density at radius 2 is 1.04 bits per heavy atom. The predicted molar refractivity (Wildman–Crippen MR) is 89.8 cm³/mol. The van der Waals surface area contributed by atoms with E-state index < -0.39 is 7.25 Å². The van der Waals surface area contributed by atoms with Gasteiger partial charge < -0.3 is 17.3 Å². The van der Waals surface area contributed by atoms with Crippen LogP contribution < -0.4 is 0 Å². The molecule has 3 aromatic rings. The van der Waals surface area contributed by atoms with E-state index in [0.29, 0.717) is 0 Å². The summed E-state index contributed by atoms with van der Waals surface area (Å²) in [4.78, 5) is 0. The summed E-state index contributed by atoms with van der Waals surface area (Å²) in [5.74, 6) is 0. The van der Waals surface area contributed by atoms with Crippen LogP contribution in [0, 0.1) is 0 Å². The van der Waals surface area contributed by atoms with Gasteiger partial charge in [-0.3, -0.25) is 0 Å². The zero-order chi connectivity index (χ0) is 16.7. The van der Waals surface area contributed by atoms with Crippen molar-refractivity contribution in [1.29, 1.82) is 0 Å². The number of rotatable bonds is 2. The largest absolute Gasteiger partial charge is 0.673 e. The minimum Gasteiger partial charge on any atom is -0.418 e. The molecule has 1 aromatic heterocycles. The highest BCUT2D eigenvalue weighted by Crippen LogP contribution is 2.32. The molecule has 23 heavy (non-hydrogen) atoms. The standard InChI is InChI=1S/C17H13S.BF4/c1-3-7-14(8-4-1)16-11-12-18-13-17(16)15-9-5-2-6-10-15;2-1(3,4)5/h1-13H;/q+1;-1. The van der Waals surface area contributed by atoms with Gasteiger partial charge in [0.2, 0.25) is 16.7 Å². The van der Waals surface area contributed by atoms with Gasteiger partial charge in [-0.2, -0.15) is 0 Å². The Morgan fingerprint density at radius 3 is 1.52 bits per heavy atom. The number of halogens is 4. The molecule has 2 aromatic carbocycles. The van der Waals surface area contributed by atoms with Gasteiger partial charge in [0, 0.05) is 11.6 Å². The second kappa shape index (κ2) is 7.88. The molecule has 0 amide bonds. The van der Waals surface area contributed by atoms with E-state index in [-0.39, 0.29) is 0 Å². The van der Waals surface area contributed by atoms with Crippen LogP contribution in [0.3, 0.4) is 0 Å². The molecule has 0 saturated carbocycles. The topological polar surface area (TPSA) is 0 Å². The molecular formula is C17H13BF4S. The van der Waals surface area contributed by atoms with Crippen LogP contribution in [0.1, 0.15) is 0 Å². The minimum atomic E-state index is -6.00. The fourth-order valence-corrected chi connectivity index (χ4v) is 2.77. The average molecular weight is 336 g/mol. The van der Waals surface area contributed by atoms with Gasteiger partial charge in [0.25, 0.3) is 0 Å². The Labute approximate surface area is 136 Å². The third-order valence-electron chi connectivity index (χ3n) is 2.96. The second-order valence-corrected chi connectivity index (χ2v) is 5.39. The zero-order valence-corrected chi connectivity index (χ0v) is 12.8. The van der Waals surface area contributed by atoms with Crippen molar-refractivity contribution in [3.63, 3.8) is 0 Å². The molecule has 0 aliphatic rings. The van der Waals surface area contributed by atoms with Gasteiger partial charge in [-0.05, 0) is 16.7 Å². The first kappa shape index (κ1) is 17.2. The van der Waals surface area contributed by atoms with Crippen molar-refractivity contribution in [2.24, 2.45) is 0 Å². The minimum absolute atomic E-state index is 1.27. The smallest absolute Gasteiger partial charge is 0.418 e. The molecule has 0 radical (unpaired) electrons. The first-order valence-corrected chi connectivity index (χ1v) is 7.77. The Hall–Kier alpha value is -2.21. The van der Waals surface area contributed by atoms with E-state index in [1.54, 1.807) is 11.3 Å². The van der Waals surface area contributed by atoms with E-state index >= 15 is 0 Å². The van der Waals surface area contributed by atoms with Crippen molar-refractivity contribution in [1.82, 2.24) is 0 Å². The fourth-order valence-electron chi connectivity index (χ4n) is 2.08. The lowest BCUT2D eigenvalue weighted by Gasteiger charge is -2.05. The van der Waals surface area contributed by atoms with Crippen LogP contribution in [0.5, 0.6) is 0 Å². The van der Waals surface area contributed by atoms with E-state index in [2.05, 4.69) is 77.5 Å². The Bertz CT molecular complexity index is 666. The quantitative estimate of drug-likeness (QED) is 0.279. The summed E-state index contributed by atoms with van der Waals surface area (Å²) >= 11 is 1.73. The lowest BCUT2D eigenvalue weighted by molar-refractivity contribution is 0.368. The Balaban J connectivity index is 0.000000338. The zero-order valence-electron chi connectivity index (χ0n) is 12.0. The molecule has 0 saturated heterocycles. The molecule has 0 bridgehead atoms. The number of hydrogen-bond donors (Lipinski definition) is 0. The van der Waals surface area contributed by atoms with Gasteiger partial charge in [0.15, 0.2) is 5.38 Å². The fraction of sp³-hybridized carbons (Fsp3) is 0. The van der Waals surface area contributed by atoms with E-state index in [1.807, 2.05) is 0 Å². The maximum atomic E-state index is 9.75. The predicted octanol–water partition coefficient (Wildman–Crippen LogP) is 6.66. The molecule has 0 unspecified atom stereocenters. The molecule has 0 N–H and O–H groups in total. The maximum absolute atomic E-state index is 9.75. The summed E-state index contributed by atoms with van der Waals surface area (Å²) < 4.78 is 39.0. The molecule has 0 aliphatic carbocycles. The van der Waals surface area contributed by atoms with Crippen LogP contribution in [0.25, 0.3) is 22.3 Å². The molecule has 0 aliphatic heterocycles. The van der Waals surface area contributed by atoms with E-state index in [0.717, 1.165) is 0 Å². The van der Waals surface area contributed by atoms with Gasteiger partial charge in [-0.25, -0.2) is 0 Å². The van der Waals surface area contributed by atoms with Crippen molar-refractivity contribution in [2.45, 2.75) is 0 Å². The van der Waals surface area contributed by atoms with E-state index in [9.17, 15) is 17.3 Å². The molecule has 118 valence electrons. The van der Waals surface area contributed by atoms with Crippen LogP contribution in [0.15, 0.2) is 77.5 Å². The maximum Gasteiger partial charge on any atom is 0.673 e.